The predicted octanol–water partition coefficient (Wildman–Crippen LogP) is 3.01. The van der Waals surface area contributed by atoms with Crippen molar-refractivity contribution < 1.29 is 9.15 Å². The molecule has 1 aromatic heterocycles. The molecule has 2 aliphatic heterocycles. The fourth-order valence-electron chi connectivity index (χ4n) is 4.28. The van der Waals surface area contributed by atoms with Crippen LogP contribution in [0.5, 0.6) is 0 Å². The van der Waals surface area contributed by atoms with Gasteiger partial charge in [0.05, 0.1) is 32.1 Å². The summed E-state index contributed by atoms with van der Waals surface area (Å²) in [6, 6.07) is 13.0. The summed E-state index contributed by atoms with van der Waals surface area (Å²) in [7, 11) is 0. The number of hydrogen-bond acceptors (Lipinski definition) is 5. The number of nitrogens with zero attached hydrogens (tertiary/aromatic N) is 3. The summed E-state index contributed by atoms with van der Waals surface area (Å²) in [4.78, 5) is 9.69. The molecule has 0 saturated carbocycles. The smallest absolute Gasteiger partial charge is 0.191 e. The maximum atomic E-state index is 5.74. The fourth-order valence-corrected chi connectivity index (χ4v) is 4.28. The molecule has 4 rings (SSSR count). The van der Waals surface area contributed by atoms with Gasteiger partial charge in [-0.25, -0.2) is 4.99 Å². The summed E-state index contributed by atoms with van der Waals surface area (Å²) in [5.74, 6) is 1.86. The van der Waals surface area contributed by atoms with Crippen LogP contribution in [-0.4, -0.2) is 63.3 Å². The number of furan rings is 1. The van der Waals surface area contributed by atoms with Crippen molar-refractivity contribution in [3.8, 4) is 0 Å². The van der Waals surface area contributed by atoms with Crippen molar-refractivity contribution in [3.63, 3.8) is 0 Å². The number of benzene rings is 1. The number of ether oxygens (including phenoxy) is 1. The molecule has 0 aliphatic carbocycles. The van der Waals surface area contributed by atoms with E-state index in [0.717, 1.165) is 64.2 Å². The molecule has 168 valence electrons. The highest BCUT2D eigenvalue weighted by Crippen LogP contribution is 2.25. The van der Waals surface area contributed by atoms with Gasteiger partial charge >= 0.3 is 0 Å². The minimum absolute atomic E-state index is 0.231. The van der Waals surface area contributed by atoms with Crippen molar-refractivity contribution in [3.05, 3.63) is 54.0 Å². The lowest BCUT2D eigenvalue weighted by Crippen LogP contribution is -2.42. The van der Waals surface area contributed by atoms with Crippen LogP contribution < -0.4 is 15.5 Å². The zero-order valence-electron chi connectivity index (χ0n) is 18.6. The molecule has 1 atom stereocenters. The Labute approximate surface area is 185 Å². The van der Waals surface area contributed by atoms with Gasteiger partial charge in [-0.15, -0.1) is 0 Å². The first kappa shape index (κ1) is 21.7. The third-order valence-corrected chi connectivity index (χ3v) is 5.99. The topological polar surface area (TPSA) is 65.3 Å². The molecule has 2 aromatic rings. The molecule has 2 saturated heterocycles. The van der Waals surface area contributed by atoms with Gasteiger partial charge in [-0.2, -0.15) is 0 Å². The third-order valence-electron chi connectivity index (χ3n) is 5.99. The van der Waals surface area contributed by atoms with Crippen LogP contribution in [0.3, 0.4) is 0 Å². The average Bonchev–Trinajstić information content (AvgIpc) is 3.54. The highest BCUT2D eigenvalue weighted by Gasteiger charge is 2.25. The van der Waals surface area contributed by atoms with Crippen molar-refractivity contribution >= 4 is 11.6 Å². The molecular weight excluding hydrogens is 390 g/mol. The van der Waals surface area contributed by atoms with Crippen LogP contribution in [0.15, 0.2) is 52.1 Å². The molecule has 2 fully saturated rings. The monoisotopic (exact) mass is 425 g/mol. The SMILES string of the molecule is CCNC(=NCc1ccc(N2CCOCC2)cc1)NCC(c1ccco1)N1CCCC1. The van der Waals surface area contributed by atoms with Crippen LogP contribution in [0.25, 0.3) is 0 Å². The van der Waals surface area contributed by atoms with Gasteiger partial charge in [0.2, 0.25) is 0 Å². The lowest BCUT2D eigenvalue weighted by Gasteiger charge is -2.28. The summed E-state index contributed by atoms with van der Waals surface area (Å²) < 4.78 is 11.2. The molecule has 0 spiro atoms. The molecule has 1 unspecified atom stereocenters. The van der Waals surface area contributed by atoms with Crippen molar-refractivity contribution in [2.75, 3.05) is 57.4 Å². The number of rotatable bonds is 8. The van der Waals surface area contributed by atoms with E-state index in [1.165, 1.54) is 24.1 Å². The first-order valence-corrected chi connectivity index (χ1v) is 11.5. The standard InChI is InChI=1S/C24H35N5O2/c1-2-25-24(27-19-22(23-6-5-15-31-23)29-11-3-4-12-29)26-18-20-7-9-21(10-8-20)28-13-16-30-17-14-28/h5-10,15,22H,2-4,11-14,16-19H2,1H3,(H2,25,26,27). The number of morpholine rings is 1. The van der Waals surface area contributed by atoms with Crippen LogP contribution >= 0.6 is 0 Å². The van der Waals surface area contributed by atoms with E-state index in [2.05, 4.69) is 57.7 Å². The number of anilines is 1. The zero-order valence-corrected chi connectivity index (χ0v) is 18.6. The van der Waals surface area contributed by atoms with Crippen molar-refractivity contribution in [1.29, 1.82) is 0 Å². The van der Waals surface area contributed by atoms with Crippen molar-refractivity contribution in [1.82, 2.24) is 15.5 Å². The normalized spacial score (nSPS) is 18.9. The Morgan fingerprint density at radius 1 is 1.03 bits per heavy atom. The fraction of sp³-hybridized carbons (Fsp3) is 0.542. The van der Waals surface area contributed by atoms with Gasteiger partial charge in [0.25, 0.3) is 0 Å². The third kappa shape index (κ3) is 6.02. The van der Waals surface area contributed by atoms with E-state index in [9.17, 15) is 0 Å². The van der Waals surface area contributed by atoms with Crippen molar-refractivity contribution in [2.24, 2.45) is 4.99 Å². The quantitative estimate of drug-likeness (QED) is 0.501. The number of guanidine groups is 1. The summed E-state index contributed by atoms with van der Waals surface area (Å²) >= 11 is 0. The molecule has 7 nitrogen and oxygen atoms in total. The molecule has 3 heterocycles. The van der Waals surface area contributed by atoms with Gasteiger partial charge in [-0.3, -0.25) is 4.90 Å². The summed E-state index contributed by atoms with van der Waals surface area (Å²) in [5, 5.41) is 6.91. The maximum absolute atomic E-state index is 5.74. The second-order valence-corrected chi connectivity index (χ2v) is 8.12. The van der Waals surface area contributed by atoms with Crippen LogP contribution in [0.4, 0.5) is 5.69 Å². The molecule has 2 aliphatic rings. The number of likely N-dealkylation sites (tertiary alicyclic amines) is 1. The molecule has 0 bridgehead atoms. The molecule has 2 N–H and O–H groups in total. The van der Waals surface area contributed by atoms with Gasteiger partial charge in [-0.1, -0.05) is 12.1 Å². The van der Waals surface area contributed by atoms with E-state index in [0.29, 0.717) is 6.54 Å². The Morgan fingerprint density at radius 3 is 2.48 bits per heavy atom. The minimum atomic E-state index is 0.231. The second kappa shape index (κ2) is 11.2. The first-order chi connectivity index (χ1) is 15.3. The number of aliphatic imine (C=N–C) groups is 1. The Morgan fingerprint density at radius 2 is 1.81 bits per heavy atom. The summed E-state index contributed by atoms with van der Waals surface area (Å²) in [6.07, 6.45) is 4.27. The van der Waals surface area contributed by atoms with E-state index in [4.69, 9.17) is 14.1 Å². The van der Waals surface area contributed by atoms with Crippen molar-refractivity contribution in [2.45, 2.75) is 32.4 Å². The molecule has 0 amide bonds. The summed E-state index contributed by atoms with van der Waals surface area (Å²) in [6.45, 7) is 10.1. The molecule has 7 heteroatoms. The van der Waals surface area contributed by atoms with E-state index in [1.54, 1.807) is 6.26 Å². The molecule has 0 radical (unpaired) electrons. The largest absolute Gasteiger partial charge is 0.468 e. The van der Waals surface area contributed by atoms with E-state index in [1.807, 2.05) is 6.07 Å². The lowest BCUT2D eigenvalue weighted by atomic mass is 10.2. The zero-order chi connectivity index (χ0) is 21.3. The Hall–Kier alpha value is -2.51. The number of nitrogens with one attached hydrogen (secondary N) is 2. The lowest BCUT2D eigenvalue weighted by molar-refractivity contribution is 0.122. The van der Waals surface area contributed by atoms with Crippen LogP contribution in [-0.2, 0) is 11.3 Å². The van der Waals surface area contributed by atoms with Gasteiger partial charge in [0.1, 0.15) is 5.76 Å². The second-order valence-electron chi connectivity index (χ2n) is 8.12. The van der Waals surface area contributed by atoms with Gasteiger partial charge in [0.15, 0.2) is 5.96 Å². The van der Waals surface area contributed by atoms with Crippen LogP contribution in [0.2, 0.25) is 0 Å². The average molecular weight is 426 g/mol. The van der Waals surface area contributed by atoms with Crippen LogP contribution in [0.1, 0.15) is 37.1 Å². The first-order valence-electron chi connectivity index (χ1n) is 11.5. The molecule has 31 heavy (non-hydrogen) atoms. The Balaban J connectivity index is 1.36. The Kier molecular flexibility index (Phi) is 7.85. The van der Waals surface area contributed by atoms with E-state index >= 15 is 0 Å². The van der Waals surface area contributed by atoms with Gasteiger partial charge < -0.3 is 24.7 Å². The summed E-state index contributed by atoms with van der Waals surface area (Å²) in [5.41, 5.74) is 2.46. The van der Waals surface area contributed by atoms with E-state index < -0.39 is 0 Å². The van der Waals surface area contributed by atoms with Gasteiger partial charge in [-0.05, 0) is 62.7 Å². The predicted molar refractivity (Wildman–Crippen MR) is 125 cm³/mol. The Bertz CT molecular complexity index is 794. The number of hydrogen-bond donors (Lipinski definition) is 2. The maximum Gasteiger partial charge on any atom is 0.191 e. The molecule has 1 aromatic carbocycles. The van der Waals surface area contributed by atoms with Crippen LogP contribution in [0, 0.1) is 0 Å². The van der Waals surface area contributed by atoms with E-state index in [-0.39, 0.29) is 6.04 Å². The molecular formula is C24H35N5O2. The van der Waals surface area contributed by atoms with Gasteiger partial charge in [0, 0.05) is 31.9 Å². The minimum Gasteiger partial charge on any atom is -0.468 e. The highest BCUT2D eigenvalue weighted by atomic mass is 16.5. The highest BCUT2D eigenvalue weighted by molar-refractivity contribution is 5.79.